The summed E-state index contributed by atoms with van der Waals surface area (Å²) >= 11 is 5.85. The summed E-state index contributed by atoms with van der Waals surface area (Å²) in [5.74, 6) is 0. The van der Waals surface area contributed by atoms with Crippen LogP contribution in [-0.4, -0.2) is 31.1 Å². The van der Waals surface area contributed by atoms with Crippen LogP contribution in [0, 0.1) is 0 Å². The van der Waals surface area contributed by atoms with Crippen molar-refractivity contribution in [2.75, 3.05) is 12.9 Å². The van der Waals surface area contributed by atoms with E-state index in [1.807, 2.05) is 6.07 Å². The summed E-state index contributed by atoms with van der Waals surface area (Å²) in [6.45, 7) is 0.441. The second-order valence-corrected chi connectivity index (χ2v) is 5.68. The zero-order chi connectivity index (χ0) is 12.5. The Morgan fingerprint density at radius 2 is 2.24 bits per heavy atom. The van der Waals surface area contributed by atoms with E-state index in [0.717, 1.165) is 17.2 Å². The lowest BCUT2D eigenvalue weighted by Crippen LogP contribution is -2.11. The van der Waals surface area contributed by atoms with Crippen LogP contribution in [-0.2, 0) is 20.8 Å². The molecular weight excluding hydrogens is 264 g/mol. The van der Waals surface area contributed by atoms with E-state index in [9.17, 15) is 8.42 Å². The van der Waals surface area contributed by atoms with Gasteiger partial charge in [0.15, 0.2) is 0 Å². The third-order valence-electron chi connectivity index (χ3n) is 2.20. The molecule has 0 aliphatic heterocycles. The number of hydrogen-bond donors (Lipinski definition) is 0. The van der Waals surface area contributed by atoms with Gasteiger partial charge >= 0.3 is 0 Å². The molecule has 1 aromatic carbocycles. The van der Waals surface area contributed by atoms with E-state index in [4.69, 9.17) is 11.6 Å². The highest BCUT2D eigenvalue weighted by Gasteiger charge is 2.05. The highest BCUT2D eigenvalue weighted by atomic mass is 35.5. The first-order valence-corrected chi connectivity index (χ1v) is 7.11. The van der Waals surface area contributed by atoms with Crippen LogP contribution < -0.4 is 0 Å². The Bertz CT molecular complexity index is 636. The first kappa shape index (κ1) is 12.3. The molecule has 0 spiro atoms. The van der Waals surface area contributed by atoms with Crippen LogP contribution >= 0.6 is 11.6 Å². The van der Waals surface area contributed by atoms with Crippen LogP contribution in [0.3, 0.4) is 0 Å². The summed E-state index contributed by atoms with van der Waals surface area (Å²) in [5, 5.41) is 5.70. The SMILES string of the molecule is CS(=O)(=O)OCCn1ncc2cc(Cl)ccc21. The summed E-state index contributed by atoms with van der Waals surface area (Å²) in [5.41, 5.74) is 0.895. The topological polar surface area (TPSA) is 61.2 Å². The predicted octanol–water partition coefficient (Wildman–Crippen LogP) is 1.67. The lowest BCUT2D eigenvalue weighted by atomic mass is 10.2. The van der Waals surface area contributed by atoms with Crippen molar-refractivity contribution < 1.29 is 12.6 Å². The molecule has 0 radical (unpaired) electrons. The van der Waals surface area contributed by atoms with Gasteiger partial charge in [0.05, 0.1) is 31.1 Å². The van der Waals surface area contributed by atoms with Crippen molar-refractivity contribution in [2.45, 2.75) is 6.54 Å². The van der Waals surface area contributed by atoms with E-state index in [-0.39, 0.29) is 6.61 Å². The van der Waals surface area contributed by atoms with Crippen molar-refractivity contribution >= 4 is 32.6 Å². The third-order valence-corrected chi connectivity index (χ3v) is 3.03. The highest BCUT2D eigenvalue weighted by Crippen LogP contribution is 2.18. The molecule has 17 heavy (non-hydrogen) atoms. The fourth-order valence-corrected chi connectivity index (χ4v) is 2.07. The first-order chi connectivity index (χ1) is 7.96. The lowest BCUT2D eigenvalue weighted by Gasteiger charge is -2.03. The molecule has 0 amide bonds. The van der Waals surface area contributed by atoms with E-state index in [1.54, 1.807) is 23.0 Å². The maximum Gasteiger partial charge on any atom is 0.264 e. The summed E-state index contributed by atoms with van der Waals surface area (Å²) in [7, 11) is -3.40. The Morgan fingerprint density at radius 3 is 2.94 bits per heavy atom. The maximum absolute atomic E-state index is 10.8. The summed E-state index contributed by atoms with van der Waals surface area (Å²) in [6, 6.07) is 5.41. The molecule has 2 aromatic rings. The Labute approximate surface area is 104 Å². The number of rotatable bonds is 4. The van der Waals surface area contributed by atoms with Crippen LogP contribution in [0.2, 0.25) is 5.02 Å². The minimum atomic E-state index is -3.40. The molecule has 0 N–H and O–H groups in total. The van der Waals surface area contributed by atoms with Crippen LogP contribution in [0.15, 0.2) is 24.4 Å². The van der Waals surface area contributed by atoms with Crippen LogP contribution in [0.25, 0.3) is 10.9 Å². The highest BCUT2D eigenvalue weighted by molar-refractivity contribution is 7.85. The second kappa shape index (κ2) is 4.64. The van der Waals surface area contributed by atoms with E-state index < -0.39 is 10.1 Å². The standard InChI is InChI=1S/C10H11ClN2O3S/c1-17(14,15)16-5-4-13-10-3-2-9(11)6-8(10)7-12-13/h2-3,6-7H,4-5H2,1H3. The van der Waals surface area contributed by atoms with E-state index >= 15 is 0 Å². The van der Waals surface area contributed by atoms with Gasteiger partial charge in [-0.2, -0.15) is 13.5 Å². The molecule has 0 aliphatic carbocycles. The smallest absolute Gasteiger partial charge is 0.264 e. The molecule has 1 heterocycles. The molecule has 92 valence electrons. The average molecular weight is 275 g/mol. The van der Waals surface area contributed by atoms with Gasteiger partial charge in [0.25, 0.3) is 10.1 Å². The number of halogens is 1. The molecule has 0 saturated heterocycles. The van der Waals surface area contributed by atoms with Gasteiger partial charge in [-0.15, -0.1) is 0 Å². The van der Waals surface area contributed by atoms with Crippen LogP contribution in [0.4, 0.5) is 0 Å². The van der Waals surface area contributed by atoms with Crippen molar-refractivity contribution in [2.24, 2.45) is 0 Å². The van der Waals surface area contributed by atoms with Crippen LogP contribution in [0.5, 0.6) is 0 Å². The fraction of sp³-hybridized carbons (Fsp3) is 0.300. The Morgan fingerprint density at radius 1 is 1.47 bits per heavy atom. The van der Waals surface area contributed by atoms with Crippen molar-refractivity contribution in [1.82, 2.24) is 9.78 Å². The molecule has 5 nitrogen and oxygen atoms in total. The summed E-state index contributed by atoms with van der Waals surface area (Å²) < 4.78 is 27.9. The minimum Gasteiger partial charge on any atom is -0.268 e. The predicted molar refractivity (Wildman–Crippen MR) is 65.5 cm³/mol. The molecule has 0 aliphatic rings. The van der Waals surface area contributed by atoms with Gasteiger partial charge < -0.3 is 0 Å². The number of fused-ring (bicyclic) bond motifs is 1. The van der Waals surface area contributed by atoms with E-state index in [2.05, 4.69) is 9.28 Å². The van der Waals surface area contributed by atoms with Crippen molar-refractivity contribution in [1.29, 1.82) is 0 Å². The van der Waals surface area contributed by atoms with Gasteiger partial charge in [-0.05, 0) is 18.2 Å². The number of aromatic nitrogens is 2. The Balaban J connectivity index is 2.14. The number of benzene rings is 1. The second-order valence-electron chi connectivity index (χ2n) is 3.60. The zero-order valence-electron chi connectivity index (χ0n) is 9.13. The monoisotopic (exact) mass is 274 g/mol. The van der Waals surface area contributed by atoms with Crippen molar-refractivity contribution in [3.05, 3.63) is 29.4 Å². The molecule has 0 atom stereocenters. The molecule has 0 unspecified atom stereocenters. The number of nitrogens with zero attached hydrogens (tertiary/aromatic N) is 2. The maximum atomic E-state index is 10.8. The summed E-state index contributed by atoms with van der Waals surface area (Å²) in [4.78, 5) is 0. The largest absolute Gasteiger partial charge is 0.268 e. The van der Waals surface area contributed by atoms with Gasteiger partial charge in [-0.3, -0.25) is 8.86 Å². The molecular formula is C10H11ClN2O3S. The van der Waals surface area contributed by atoms with Gasteiger partial charge in [-0.25, -0.2) is 0 Å². The molecule has 0 bridgehead atoms. The molecule has 0 saturated carbocycles. The first-order valence-electron chi connectivity index (χ1n) is 4.91. The Kier molecular flexibility index (Phi) is 3.37. The molecule has 0 fully saturated rings. The fourth-order valence-electron chi connectivity index (χ4n) is 1.51. The van der Waals surface area contributed by atoms with Gasteiger partial charge in [0.2, 0.25) is 0 Å². The lowest BCUT2D eigenvalue weighted by molar-refractivity contribution is 0.299. The van der Waals surface area contributed by atoms with Gasteiger partial charge in [0, 0.05) is 10.4 Å². The molecule has 2 rings (SSSR count). The molecule has 1 aromatic heterocycles. The zero-order valence-corrected chi connectivity index (χ0v) is 10.7. The average Bonchev–Trinajstić information content (AvgIpc) is 2.59. The van der Waals surface area contributed by atoms with E-state index in [0.29, 0.717) is 11.6 Å². The van der Waals surface area contributed by atoms with Gasteiger partial charge in [0.1, 0.15) is 0 Å². The minimum absolute atomic E-state index is 0.0677. The van der Waals surface area contributed by atoms with Crippen molar-refractivity contribution in [3.8, 4) is 0 Å². The van der Waals surface area contributed by atoms with Crippen LogP contribution in [0.1, 0.15) is 0 Å². The normalized spacial score (nSPS) is 12.1. The number of hydrogen-bond acceptors (Lipinski definition) is 4. The summed E-state index contributed by atoms with van der Waals surface area (Å²) in [6.07, 6.45) is 2.70. The van der Waals surface area contributed by atoms with Gasteiger partial charge in [-0.1, -0.05) is 11.6 Å². The van der Waals surface area contributed by atoms with E-state index in [1.165, 1.54) is 0 Å². The quantitative estimate of drug-likeness (QED) is 0.796. The Hall–Kier alpha value is -1.11. The molecule has 7 heteroatoms. The van der Waals surface area contributed by atoms with Crippen molar-refractivity contribution in [3.63, 3.8) is 0 Å². The third kappa shape index (κ3) is 3.18.